The van der Waals surface area contributed by atoms with E-state index in [-0.39, 0.29) is 0 Å². The molecule has 324 valence electrons. The molecule has 14 aromatic carbocycles. The molecule has 0 heteroatoms. The predicted molar refractivity (Wildman–Crippen MR) is 302 cm³/mol. The minimum atomic E-state index is 1.19. The zero-order valence-electron chi connectivity index (χ0n) is 38.4. The molecule has 0 atom stereocenters. The van der Waals surface area contributed by atoms with Gasteiger partial charge in [-0.2, -0.15) is 0 Å². The molecule has 0 fully saturated rings. The summed E-state index contributed by atoms with van der Waals surface area (Å²) in [5.74, 6) is 0. The molecule has 0 unspecified atom stereocenters. The average molecular weight is 885 g/mol. The largest absolute Gasteiger partial charge is 0.0622 e. The van der Waals surface area contributed by atoms with Crippen molar-refractivity contribution in [3.63, 3.8) is 0 Å². The number of rotatable bonds is 6. The van der Waals surface area contributed by atoms with Crippen molar-refractivity contribution >= 4 is 75.4 Å². The normalized spacial score (nSPS) is 11.7. The fourth-order valence-corrected chi connectivity index (χ4v) is 11.4. The second-order valence-corrected chi connectivity index (χ2v) is 18.8. The van der Waals surface area contributed by atoms with Crippen molar-refractivity contribution in [2.24, 2.45) is 0 Å². The molecule has 14 rings (SSSR count). The van der Waals surface area contributed by atoms with E-state index < -0.39 is 0 Å². The summed E-state index contributed by atoms with van der Waals surface area (Å²) < 4.78 is 0. The fourth-order valence-electron chi connectivity index (χ4n) is 11.4. The van der Waals surface area contributed by atoms with Gasteiger partial charge in [0.05, 0.1) is 0 Å². The molecule has 0 radical (unpaired) electrons. The third-order valence-electron chi connectivity index (χ3n) is 14.8. The van der Waals surface area contributed by atoms with Crippen LogP contribution in [-0.4, -0.2) is 0 Å². The average Bonchev–Trinajstić information content (AvgIpc) is 3.44. The molecule has 14 aromatic rings. The monoisotopic (exact) mass is 884 g/mol. The molecule has 0 aliphatic carbocycles. The van der Waals surface area contributed by atoms with Crippen LogP contribution in [0.4, 0.5) is 0 Å². The van der Waals surface area contributed by atoms with Crippen LogP contribution in [-0.2, 0) is 0 Å². The number of hydrogen-bond acceptors (Lipinski definition) is 0. The molecule has 0 N–H and O–H groups in total. The summed E-state index contributed by atoms with van der Waals surface area (Å²) in [5.41, 5.74) is 14.5. The maximum absolute atomic E-state index is 2.48. The second kappa shape index (κ2) is 16.3. The maximum Gasteiger partial charge on any atom is -0.00199 e. The third kappa shape index (κ3) is 6.68. The lowest BCUT2D eigenvalue weighted by Crippen LogP contribution is -1.94. The van der Waals surface area contributed by atoms with Crippen molar-refractivity contribution in [2.45, 2.75) is 0 Å². The van der Waals surface area contributed by atoms with Crippen LogP contribution < -0.4 is 0 Å². The smallest absolute Gasteiger partial charge is 0.00199 e. The molecule has 0 saturated heterocycles. The number of hydrogen-bond donors (Lipinski definition) is 0. The van der Waals surface area contributed by atoms with E-state index in [1.807, 2.05) is 0 Å². The standard InChI is InChI=1S/C70H44/c1-2-17-47(18-3-1)64-40-51-21-8-9-22-52(51)41-66(64)56-34-36-63-62-35-33-53(50-24-14-25-54(37-50)65-43-55-23-10-11-26-59(55)60-27-12-13-28-61(60)65)42-67(62)69(57-31-29-45-15-4-6-19-48(45)38-57)70(68(63)44-56)58-32-30-46-16-5-7-20-49(46)39-58/h1-44H. The van der Waals surface area contributed by atoms with E-state index in [0.717, 1.165) is 0 Å². The summed E-state index contributed by atoms with van der Waals surface area (Å²) in [6.07, 6.45) is 0. The lowest BCUT2D eigenvalue weighted by Gasteiger charge is -2.21. The van der Waals surface area contributed by atoms with Crippen LogP contribution in [0, 0.1) is 0 Å². The van der Waals surface area contributed by atoms with Gasteiger partial charge in [-0.05, 0) is 191 Å². The zero-order valence-corrected chi connectivity index (χ0v) is 38.4. The molecule has 70 heavy (non-hydrogen) atoms. The van der Waals surface area contributed by atoms with Gasteiger partial charge < -0.3 is 0 Å². The van der Waals surface area contributed by atoms with Crippen molar-refractivity contribution in [3.8, 4) is 66.8 Å². The molecule has 0 saturated carbocycles. The van der Waals surface area contributed by atoms with Gasteiger partial charge in [-0.3, -0.25) is 0 Å². The Balaban J connectivity index is 1.06. The molecular weight excluding hydrogens is 841 g/mol. The summed E-state index contributed by atoms with van der Waals surface area (Å²) in [6.45, 7) is 0. The Kier molecular flexibility index (Phi) is 9.32. The summed E-state index contributed by atoms with van der Waals surface area (Å²) in [4.78, 5) is 0. The Morgan fingerprint density at radius 2 is 0.529 bits per heavy atom. The molecule has 0 spiro atoms. The van der Waals surface area contributed by atoms with Crippen LogP contribution in [0.15, 0.2) is 267 Å². The van der Waals surface area contributed by atoms with Crippen LogP contribution in [0.25, 0.3) is 142 Å². The van der Waals surface area contributed by atoms with Crippen LogP contribution in [0.1, 0.15) is 0 Å². The van der Waals surface area contributed by atoms with E-state index >= 15 is 0 Å². The lowest BCUT2D eigenvalue weighted by atomic mass is 9.82. The van der Waals surface area contributed by atoms with Gasteiger partial charge in [0.25, 0.3) is 0 Å². The molecule has 0 aromatic heterocycles. The molecule has 0 nitrogen and oxygen atoms in total. The van der Waals surface area contributed by atoms with Gasteiger partial charge in [0.1, 0.15) is 0 Å². The van der Waals surface area contributed by atoms with Crippen molar-refractivity contribution in [1.29, 1.82) is 0 Å². The highest BCUT2D eigenvalue weighted by Gasteiger charge is 2.21. The van der Waals surface area contributed by atoms with E-state index in [9.17, 15) is 0 Å². The fraction of sp³-hybridized carbons (Fsp3) is 0. The minimum Gasteiger partial charge on any atom is -0.0622 e. The highest BCUT2D eigenvalue weighted by Crippen LogP contribution is 2.49. The van der Waals surface area contributed by atoms with Gasteiger partial charge >= 0.3 is 0 Å². The Hall–Kier alpha value is -9.10. The molecule has 0 aliphatic rings. The van der Waals surface area contributed by atoms with Crippen molar-refractivity contribution < 1.29 is 0 Å². The van der Waals surface area contributed by atoms with Gasteiger partial charge in [-0.15, -0.1) is 0 Å². The Morgan fingerprint density at radius 1 is 0.143 bits per heavy atom. The highest BCUT2D eigenvalue weighted by molar-refractivity contribution is 6.24. The highest BCUT2D eigenvalue weighted by atomic mass is 14.2. The molecule has 0 heterocycles. The van der Waals surface area contributed by atoms with E-state index in [4.69, 9.17) is 0 Å². The van der Waals surface area contributed by atoms with Gasteiger partial charge in [0.2, 0.25) is 0 Å². The summed E-state index contributed by atoms with van der Waals surface area (Å²) in [5, 5.41) is 17.4. The Bertz CT molecular complexity index is 4400. The number of benzene rings is 14. The van der Waals surface area contributed by atoms with Crippen molar-refractivity contribution in [1.82, 2.24) is 0 Å². The zero-order chi connectivity index (χ0) is 46.1. The van der Waals surface area contributed by atoms with Crippen LogP contribution in [0.5, 0.6) is 0 Å². The third-order valence-corrected chi connectivity index (χ3v) is 14.8. The number of fused-ring (bicyclic) bond motifs is 9. The first kappa shape index (κ1) is 40.0. The Labute approximate surface area is 407 Å². The Morgan fingerprint density at radius 3 is 1.16 bits per heavy atom. The molecule has 0 bridgehead atoms. The quantitative estimate of drug-likeness (QED) is 0.146. The van der Waals surface area contributed by atoms with Crippen LogP contribution in [0.2, 0.25) is 0 Å². The van der Waals surface area contributed by atoms with E-state index in [1.54, 1.807) is 0 Å². The SMILES string of the molecule is c1ccc(-c2cc3ccccc3cc2-c2ccc3c(c2)c(-c2ccc4ccccc4c2)c(-c2ccc4ccccc4c2)c2cc(-c4cccc(-c5cc6ccccc6c6ccccc56)c4)ccc23)cc1. The van der Waals surface area contributed by atoms with E-state index in [1.165, 1.54) is 142 Å². The first-order valence-electron chi connectivity index (χ1n) is 24.3. The van der Waals surface area contributed by atoms with Gasteiger partial charge in [-0.25, -0.2) is 0 Å². The second-order valence-electron chi connectivity index (χ2n) is 18.8. The van der Waals surface area contributed by atoms with Gasteiger partial charge in [-0.1, -0.05) is 218 Å². The van der Waals surface area contributed by atoms with E-state index in [2.05, 4.69) is 267 Å². The predicted octanol–water partition coefficient (Wildman–Crippen LogP) is 19.8. The molecule has 0 amide bonds. The first-order chi connectivity index (χ1) is 34.7. The van der Waals surface area contributed by atoms with Crippen molar-refractivity contribution in [2.75, 3.05) is 0 Å². The summed E-state index contributed by atoms with van der Waals surface area (Å²) >= 11 is 0. The maximum atomic E-state index is 2.48. The topological polar surface area (TPSA) is 0 Å². The van der Waals surface area contributed by atoms with Crippen molar-refractivity contribution in [3.05, 3.63) is 267 Å². The molecular formula is C70H44. The van der Waals surface area contributed by atoms with E-state index in [0.29, 0.717) is 0 Å². The first-order valence-corrected chi connectivity index (χ1v) is 24.3. The summed E-state index contributed by atoms with van der Waals surface area (Å²) in [6, 6.07) is 99.4. The molecule has 0 aliphatic heterocycles. The summed E-state index contributed by atoms with van der Waals surface area (Å²) in [7, 11) is 0. The minimum absolute atomic E-state index is 1.19. The van der Waals surface area contributed by atoms with Crippen LogP contribution >= 0.6 is 0 Å². The van der Waals surface area contributed by atoms with Crippen LogP contribution in [0.3, 0.4) is 0 Å². The van der Waals surface area contributed by atoms with Gasteiger partial charge in [0.15, 0.2) is 0 Å². The van der Waals surface area contributed by atoms with Gasteiger partial charge in [0, 0.05) is 0 Å². The lowest BCUT2D eigenvalue weighted by molar-refractivity contribution is 1.61.